The Labute approximate surface area is 103 Å². The zero-order valence-corrected chi connectivity index (χ0v) is 9.96. The van der Waals surface area contributed by atoms with E-state index < -0.39 is 17.3 Å². The molecule has 102 valence electrons. The van der Waals surface area contributed by atoms with E-state index in [1.165, 1.54) is 12.1 Å². The van der Waals surface area contributed by atoms with Crippen molar-refractivity contribution in [3.05, 3.63) is 35.4 Å². The van der Waals surface area contributed by atoms with Crippen molar-refractivity contribution in [2.24, 2.45) is 0 Å². The number of halogens is 3. The molecule has 0 atom stereocenters. The van der Waals surface area contributed by atoms with Crippen molar-refractivity contribution in [2.75, 3.05) is 13.2 Å². The lowest BCUT2D eigenvalue weighted by Crippen LogP contribution is -2.48. The van der Waals surface area contributed by atoms with E-state index in [9.17, 15) is 13.2 Å². The molecular formula is C12H16F3NO2. The highest BCUT2D eigenvalue weighted by atomic mass is 19.4. The normalized spacial score (nSPS) is 12.8. The summed E-state index contributed by atoms with van der Waals surface area (Å²) in [5, 5.41) is 21.0. The second-order valence-electron chi connectivity index (χ2n) is 4.43. The zero-order valence-electron chi connectivity index (χ0n) is 9.96. The molecule has 0 radical (unpaired) electrons. The Kier molecular flexibility index (Phi) is 4.72. The Morgan fingerprint density at radius 2 is 1.56 bits per heavy atom. The van der Waals surface area contributed by atoms with Crippen LogP contribution in [0.25, 0.3) is 0 Å². The summed E-state index contributed by atoms with van der Waals surface area (Å²) in [5.74, 6) is 0. The third-order valence-electron chi connectivity index (χ3n) is 2.70. The Balaban J connectivity index is 2.65. The van der Waals surface area contributed by atoms with Gasteiger partial charge >= 0.3 is 6.18 Å². The molecule has 0 aliphatic heterocycles. The van der Waals surface area contributed by atoms with Crippen LogP contribution in [0.3, 0.4) is 0 Å². The van der Waals surface area contributed by atoms with Gasteiger partial charge in [-0.25, -0.2) is 0 Å². The van der Waals surface area contributed by atoms with Crippen LogP contribution in [-0.2, 0) is 12.7 Å². The van der Waals surface area contributed by atoms with Crippen LogP contribution in [0.1, 0.15) is 18.1 Å². The fourth-order valence-electron chi connectivity index (χ4n) is 1.29. The Bertz CT molecular complexity index is 372. The number of aliphatic hydroxyl groups is 2. The molecule has 0 aliphatic rings. The first-order chi connectivity index (χ1) is 8.30. The molecule has 0 aromatic heterocycles. The topological polar surface area (TPSA) is 52.5 Å². The highest BCUT2D eigenvalue weighted by Crippen LogP contribution is 2.29. The lowest BCUT2D eigenvalue weighted by molar-refractivity contribution is -0.137. The van der Waals surface area contributed by atoms with Crippen LogP contribution < -0.4 is 5.32 Å². The average molecular weight is 263 g/mol. The van der Waals surface area contributed by atoms with Gasteiger partial charge in [-0.3, -0.25) is 0 Å². The van der Waals surface area contributed by atoms with Crippen molar-refractivity contribution < 1.29 is 23.4 Å². The predicted octanol–water partition coefficient (Wildman–Crippen LogP) is 1.54. The molecule has 1 aromatic rings. The fraction of sp³-hybridized carbons (Fsp3) is 0.500. The molecule has 0 amide bonds. The van der Waals surface area contributed by atoms with Crippen LogP contribution in [0.15, 0.2) is 24.3 Å². The van der Waals surface area contributed by atoms with E-state index in [0.29, 0.717) is 5.56 Å². The van der Waals surface area contributed by atoms with E-state index in [1.807, 2.05) is 0 Å². The van der Waals surface area contributed by atoms with Crippen LogP contribution in [-0.4, -0.2) is 29.0 Å². The minimum Gasteiger partial charge on any atom is -0.394 e. The van der Waals surface area contributed by atoms with Crippen molar-refractivity contribution in [3.63, 3.8) is 0 Å². The number of rotatable bonds is 5. The first-order valence-corrected chi connectivity index (χ1v) is 5.43. The molecule has 1 aromatic carbocycles. The Morgan fingerprint density at radius 1 is 1.06 bits per heavy atom. The number of nitrogens with one attached hydrogen (secondary N) is 1. The quantitative estimate of drug-likeness (QED) is 0.755. The summed E-state index contributed by atoms with van der Waals surface area (Å²) >= 11 is 0. The van der Waals surface area contributed by atoms with E-state index in [-0.39, 0.29) is 19.8 Å². The van der Waals surface area contributed by atoms with Gasteiger partial charge in [-0.2, -0.15) is 13.2 Å². The molecule has 1 rings (SSSR count). The predicted molar refractivity (Wildman–Crippen MR) is 60.9 cm³/mol. The number of hydrogen-bond donors (Lipinski definition) is 3. The summed E-state index contributed by atoms with van der Waals surface area (Å²) in [6, 6.07) is 4.74. The molecule has 0 heterocycles. The van der Waals surface area contributed by atoms with E-state index >= 15 is 0 Å². The summed E-state index contributed by atoms with van der Waals surface area (Å²) in [4.78, 5) is 0. The van der Waals surface area contributed by atoms with Gasteiger partial charge in [0.15, 0.2) is 0 Å². The van der Waals surface area contributed by atoms with Crippen molar-refractivity contribution in [2.45, 2.75) is 25.2 Å². The third-order valence-corrected chi connectivity index (χ3v) is 2.70. The molecule has 18 heavy (non-hydrogen) atoms. The van der Waals surface area contributed by atoms with Gasteiger partial charge in [0.2, 0.25) is 0 Å². The summed E-state index contributed by atoms with van der Waals surface area (Å²) in [6.07, 6.45) is -4.34. The van der Waals surface area contributed by atoms with Crippen LogP contribution in [0.2, 0.25) is 0 Å². The smallest absolute Gasteiger partial charge is 0.394 e. The summed E-state index contributed by atoms with van der Waals surface area (Å²) in [7, 11) is 0. The molecule has 0 saturated carbocycles. The second kappa shape index (κ2) is 5.69. The van der Waals surface area contributed by atoms with Gasteiger partial charge < -0.3 is 15.5 Å². The second-order valence-corrected chi connectivity index (χ2v) is 4.43. The van der Waals surface area contributed by atoms with E-state index in [1.54, 1.807) is 6.92 Å². The van der Waals surface area contributed by atoms with Gasteiger partial charge in [-0.05, 0) is 24.6 Å². The van der Waals surface area contributed by atoms with Crippen molar-refractivity contribution >= 4 is 0 Å². The van der Waals surface area contributed by atoms with Gasteiger partial charge in [0.05, 0.1) is 24.3 Å². The minimum atomic E-state index is -4.34. The molecule has 0 spiro atoms. The maximum absolute atomic E-state index is 12.3. The molecule has 6 heteroatoms. The first kappa shape index (κ1) is 14.9. The molecule has 3 nitrogen and oxygen atoms in total. The molecule has 0 unspecified atom stereocenters. The number of hydrogen-bond acceptors (Lipinski definition) is 3. The maximum Gasteiger partial charge on any atom is 0.416 e. The highest BCUT2D eigenvalue weighted by Gasteiger charge is 2.30. The molecule has 0 fully saturated rings. The van der Waals surface area contributed by atoms with E-state index in [0.717, 1.165) is 12.1 Å². The van der Waals surface area contributed by atoms with Crippen molar-refractivity contribution in [3.8, 4) is 0 Å². The number of benzene rings is 1. The number of alkyl halides is 3. The monoisotopic (exact) mass is 263 g/mol. The maximum atomic E-state index is 12.3. The van der Waals surface area contributed by atoms with Crippen LogP contribution in [0.4, 0.5) is 13.2 Å². The fourth-order valence-corrected chi connectivity index (χ4v) is 1.29. The highest BCUT2D eigenvalue weighted by molar-refractivity contribution is 5.24. The van der Waals surface area contributed by atoms with Gasteiger partial charge in [0.25, 0.3) is 0 Å². The van der Waals surface area contributed by atoms with Gasteiger partial charge in [-0.1, -0.05) is 12.1 Å². The average Bonchev–Trinajstić information content (AvgIpc) is 2.35. The van der Waals surface area contributed by atoms with Crippen LogP contribution >= 0.6 is 0 Å². The first-order valence-electron chi connectivity index (χ1n) is 5.43. The van der Waals surface area contributed by atoms with Crippen LogP contribution in [0, 0.1) is 0 Å². The van der Waals surface area contributed by atoms with Crippen LogP contribution in [0.5, 0.6) is 0 Å². The Hall–Kier alpha value is -1.11. The largest absolute Gasteiger partial charge is 0.416 e. The van der Waals surface area contributed by atoms with Crippen molar-refractivity contribution in [1.29, 1.82) is 0 Å². The standard InChI is InChI=1S/C12H16F3NO2/c1-11(7-17,8-18)16-6-9-2-4-10(5-3-9)12(13,14)15/h2-5,16-18H,6-8H2,1H3. The molecule has 3 N–H and O–H groups in total. The van der Waals surface area contributed by atoms with Crippen molar-refractivity contribution in [1.82, 2.24) is 5.32 Å². The molecular weight excluding hydrogens is 247 g/mol. The molecule has 0 bridgehead atoms. The number of aliphatic hydroxyl groups excluding tert-OH is 2. The summed E-state index contributed by atoms with van der Waals surface area (Å²) in [6.45, 7) is 1.38. The van der Waals surface area contributed by atoms with Gasteiger partial charge in [0, 0.05) is 6.54 Å². The van der Waals surface area contributed by atoms with E-state index in [2.05, 4.69) is 5.32 Å². The van der Waals surface area contributed by atoms with Gasteiger partial charge in [-0.15, -0.1) is 0 Å². The molecule has 0 saturated heterocycles. The lowest BCUT2D eigenvalue weighted by atomic mass is 10.0. The minimum absolute atomic E-state index is 0.260. The van der Waals surface area contributed by atoms with E-state index in [4.69, 9.17) is 10.2 Å². The summed E-state index contributed by atoms with van der Waals surface area (Å²) < 4.78 is 37.0. The summed E-state index contributed by atoms with van der Waals surface area (Å²) in [5.41, 5.74) is -0.891. The Morgan fingerprint density at radius 3 is 1.94 bits per heavy atom. The molecule has 0 aliphatic carbocycles. The van der Waals surface area contributed by atoms with Gasteiger partial charge in [0.1, 0.15) is 0 Å². The third kappa shape index (κ3) is 3.97. The SMILES string of the molecule is CC(CO)(CO)NCc1ccc(C(F)(F)F)cc1. The lowest BCUT2D eigenvalue weighted by Gasteiger charge is -2.26. The zero-order chi connectivity index (χ0) is 13.8.